The van der Waals surface area contributed by atoms with E-state index in [1.807, 2.05) is 47.4 Å². The molecule has 6 heteroatoms. The number of benzene rings is 2. The first-order chi connectivity index (χ1) is 13.5. The van der Waals surface area contributed by atoms with Gasteiger partial charge in [-0.3, -0.25) is 9.69 Å². The van der Waals surface area contributed by atoms with Gasteiger partial charge in [-0.15, -0.1) is 0 Å². The molecular weight excluding hydrogens is 372 g/mol. The fourth-order valence-corrected chi connectivity index (χ4v) is 5.54. The SMILES string of the molecule is O=C(CN1CCN(S(=O)(=O)c2ccc3c(c2)CCCC3)CC1)c1ccccc1. The van der Waals surface area contributed by atoms with Gasteiger partial charge in [0.25, 0.3) is 0 Å². The number of carbonyl (C=O) groups excluding carboxylic acids is 1. The molecule has 2 aliphatic rings. The molecule has 28 heavy (non-hydrogen) atoms. The van der Waals surface area contributed by atoms with Crippen LogP contribution in [-0.4, -0.2) is 56.1 Å². The predicted octanol–water partition coefficient (Wildman–Crippen LogP) is 2.75. The summed E-state index contributed by atoms with van der Waals surface area (Å²) >= 11 is 0. The van der Waals surface area contributed by atoms with Crippen LogP contribution in [-0.2, 0) is 22.9 Å². The second-order valence-electron chi connectivity index (χ2n) is 7.61. The number of fused-ring (bicyclic) bond motifs is 1. The molecular formula is C22H26N2O3S. The second kappa shape index (κ2) is 8.15. The van der Waals surface area contributed by atoms with Crippen molar-refractivity contribution in [2.75, 3.05) is 32.7 Å². The van der Waals surface area contributed by atoms with Gasteiger partial charge >= 0.3 is 0 Å². The smallest absolute Gasteiger partial charge is 0.243 e. The van der Waals surface area contributed by atoms with Crippen LogP contribution in [0.2, 0.25) is 0 Å². The minimum Gasteiger partial charge on any atom is -0.293 e. The molecule has 0 radical (unpaired) electrons. The van der Waals surface area contributed by atoms with Gasteiger partial charge in [0.05, 0.1) is 11.4 Å². The van der Waals surface area contributed by atoms with Gasteiger partial charge in [-0.05, 0) is 48.9 Å². The lowest BCUT2D eigenvalue weighted by Gasteiger charge is -2.33. The number of nitrogens with zero attached hydrogens (tertiary/aromatic N) is 2. The van der Waals surface area contributed by atoms with E-state index in [4.69, 9.17) is 0 Å². The predicted molar refractivity (Wildman–Crippen MR) is 109 cm³/mol. The summed E-state index contributed by atoms with van der Waals surface area (Å²) < 4.78 is 27.7. The largest absolute Gasteiger partial charge is 0.293 e. The Labute approximate surface area is 167 Å². The van der Waals surface area contributed by atoms with Gasteiger partial charge in [-0.25, -0.2) is 8.42 Å². The summed E-state index contributed by atoms with van der Waals surface area (Å²) in [6, 6.07) is 14.8. The number of aryl methyl sites for hydroxylation is 2. The summed E-state index contributed by atoms with van der Waals surface area (Å²) in [7, 11) is -3.48. The van der Waals surface area contributed by atoms with Gasteiger partial charge in [-0.2, -0.15) is 4.31 Å². The quantitative estimate of drug-likeness (QED) is 0.727. The summed E-state index contributed by atoms with van der Waals surface area (Å²) in [6.07, 6.45) is 4.32. The van der Waals surface area contributed by atoms with Crippen LogP contribution >= 0.6 is 0 Å². The van der Waals surface area contributed by atoms with Gasteiger partial charge in [0.1, 0.15) is 0 Å². The lowest BCUT2D eigenvalue weighted by molar-refractivity contribution is 0.0901. The third-order valence-corrected chi connectivity index (χ3v) is 7.65. The Morgan fingerprint density at radius 3 is 2.25 bits per heavy atom. The highest BCUT2D eigenvalue weighted by molar-refractivity contribution is 7.89. The maximum Gasteiger partial charge on any atom is 0.243 e. The van der Waals surface area contributed by atoms with E-state index >= 15 is 0 Å². The first-order valence-corrected chi connectivity index (χ1v) is 11.4. The second-order valence-corrected chi connectivity index (χ2v) is 9.54. The average Bonchev–Trinajstić information content (AvgIpc) is 2.74. The molecule has 1 heterocycles. The zero-order valence-electron chi connectivity index (χ0n) is 16.0. The molecule has 0 aromatic heterocycles. The highest BCUT2D eigenvalue weighted by atomic mass is 32.2. The molecule has 0 amide bonds. The molecule has 5 nitrogen and oxygen atoms in total. The minimum atomic E-state index is -3.48. The van der Waals surface area contributed by atoms with E-state index in [0.717, 1.165) is 19.3 Å². The molecule has 2 aromatic rings. The van der Waals surface area contributed by atoms with E-state index in [0.29, 0.717) is 43.2 Å². The first kappa shape index (κ1) is 19.3. The Bertz CT molecular complexity index is 949. The average molecular weight is 399 g/mol. The first-order valence-electron chi connectivity index (χ1n) is 9.96. The maximum atomic E-state index is 13.1. The molecule has 0 unspecified atom stereocenters. The molecule has 1 aliphatic heterocycles. The molecule has 1 fully saturated rings. The lowest BCUT2D eigenvalue weighted by Crippen LogP contribution is -2.49. The molecule has 0 bridgehead atoms. The van der Waals surface area contributed by atoms with Crippen molar-refractivity contribution in [2.24, 2.45) is 0 Å². The van der Waals surface area contributed by atoms with E-state index < -0.39 is 10.0 Å². The molecule has 0 spiro atoms. The Balaban J connectivity index is 1.39. The zero-order chi connectivity index (χ0) is 19.6. The number of rotatable bonds is 5. The van der Waals surface area contributed by atoms with E-state index in [1.165, 1.54) is 17.5 Å². The standard InChI is InChI=1S/C22H26N2O3S/c25-22(19-7-2-1-3-8-19)17-23-12-14-24(15-13-23)28(26,27)21-11-10-18-6-4-5-9-20(18)16-21/h1-3,7-8,10-11,16H,4-6,9,12-15,17H2. The Morgan fingerprint density at radius 1 is 0.857 bits per heavy atom. The van der Waals surface area contributed by atoms with Crippen LogP contribution in [0.15, 0.2) is 53.4 Å². The summed E-state index contributed by atoms with van der Waals surface area (Å²) in [6.45, 7) is 2.31. The summed E-state index contributed by atoms with van der Waals surface area (Å²) in [5, 5.41) is 0. The van der Waals surface area contributed by atoms with Crippen LogP contribution in [0.4, 0.5) is 0 Å². The molecule has 1 aliphatic carbocycles. The number of hydrogen-bond acceptors (Lipinski definition) is 4. The summed E-state index contributed by atoms with van der Waals surface area (Å²) in [5.41, 5.74) is 3.17. The normalized spacial score (nSPS) is 18.6. The summed E-state index contributed by atoms with van der Waals surface area (Å²) in [4.78, 5) is 14.8. The van der Waals surface area contributed by atoms with Crippen molar-refractivity contribution < 1.29 is 13.2 Å². The molecule has 2 aromatic carbocycles. The highest BCUT2D eigenvalue weighted by Gasteiger charge is 2.29. The zero-order valence-corrected chi connectivity index (χ0v) is 16.8. The maximum absolute atomic E-state index is 13.1. The van der Waals surface area contributed by atoms with Crippen molar-refractivity contribution in [3.05, 3.63) is 65.2 Å². The Hall–Kier alpha value is -2.02. The number of sulfonamides is 1. The van der Waals surface area contributed by atoms with E-state index in [9.17, 15) is 13.2 Å². The fraction of sp³-hybridized carbons (Fsp3) is 0.409. The van der Waals surface area contributed by atoms with Gasteiger partial charge in [0, 0.05) is 31.7 Å². The van der Waals surface area contributed by atoms with E-state index in [2.05, 4.69) is 0 Å². The third kappa shape index (κ3) is 4.04. The molecule has 0 saturated carbocycles. The van der Waals surface area contributed by atoms with Crippen LogP contribution in [0, 0.1) is 0 Å². The Morgan fingerprint density at radius 2 is 1.54 bits per heavy atom. The minimum absolute atomic E-state index is 0.0756. The van der Waals surface area contributed by atoms with Gasteiger partial charge in [0.15, 0.2) is 5.78 Å². The van der Waals surface area contributed by atoms with E-state index in [1.54, 1.807) is 10.4 Å². The highest BCUT2D eigenvalue weighted by Crippen LogP contribution is 2.26. The molecule has 1 saturated heterocycles. The number of piperazine rings is 1. The number of hydrogen-bond donors (Lipinski definition) is 0. The van der Waals surface area contributed by atoms with Crippen molar-refractivity contribution >= 4 is 15.8 Å². The van der Waals surface area contributed by atoms with Gasteiger partial charge in [0.2, 0.25) is 10.0 Å². The number of Topliss-reactive ketones (excluding diaryl/α,β-unsaturated/α-hetero) is 1. The number of carbonyl (C=O) groups is 1. The monoisotopic (exact) mass is 398 g/mol. The Kier molecular flexibility index (Phi) is 5.62. The lowest BCUT2D eigenvalue weighted by atomic mass is 9.92. The van der Waals surface area contributed by atoms with Crippen LogP contribution < -0.4 is 0 Å². The van der Waals surface area contributed by atoms with Crippen molar-refractivity contribution in [2.45, 2.75) is 30.6 Å². The van der Waals surface area contributed by atoms with Gasteiger partial charge < -0.3 is 0 Å². The van der Waals surface area contributed by atoms with E-state index in [-0.39, 0.29) is 5.78 Å². The van der Waals surface area contributed by atoms with Crippen molar-refractivity contribution in [3.8, 4) is 0 Å². The van der Waals surface area contributed by atoms with Crippen LogP contribution in [0.1, 0.15) is 34.3 Å². The topological polar surface area (TPSA) is 57.7 Å². The molecule has 0 atom stereocenters. The van der Waals surface area contributed by atoms with Crippen LogP contribution in [0.25, 0.3) is 0 Å². The molecule has 148 valence electrons. The third-order valence-electron chi connectivity index (χ3n) is 5.75. The van der Waals surface area contributed by atoms with Crippen LogP contribution in [0.5, 0.6) is 0 Å². The van der Waals surface area contributed by atoms with Crippen molar-refractivity contribution in [1.29, 1.82) is 0 Å². The fourth-order valence-electron chi connectivity index (χ4n) is 4.07. The van der Waals surface area contributed by atoms with Crippen LogP contribution in [0.3, 0.4) is 0 Å². The van der Waals surface area contributed by atoms with Crippen molar-refractivity contribution in [1.82, 2.24) is 9.21 Å². The molecule has 4 rings (SSSR count). The molecule has 0 N–H and O–H groups in total. The van der Waals surface area contributed by atoms with Crippen molar-refractivity contribution in [3.63, 3.8) is 0 Å². The summed E-state index contributed by atoms with van der Waals surface area (Å²) in [5.74, 6) is 0.0756. The number of ketones is 1. The van der Waals surface area contributed by atoms with Gasteiger partial charge in [-0.1, -0.05) is 36.4 Å².